The van der Waals surface area contributed by atoms with Crippen molar-refractivity contribution in [2.45, 2.75) is 64.3 Å². The van der Waals surface area contributed by atoms with Crippen molar-refractivity contribution in [2.24, 2.45) is 10.9 Å². The predicted molar refractivity (Wildman–Crippen MR) is 122 cm³/mol. The van der Waals surface area contributed by atoms with Gasteiger partial charge in [0.1, 0.15) is 5.75 Å². The van der Waals surface area contributed by atoms with Crippen molar-refractivity contribution >= 4 is 11.9 Å². The van der Waals surface area contributed by atoms with Gasteiger partial charge in [-0.05, 0) is 49.8 Å². The van der Waals surface area contributed by atoms with Gasteiger partial charge in [0.15, 0.2) is 5.96 Å². The number of hydrogen-bond acceptors (Lipinski definition) is 3. The van der Waals surface area contributed by atoms with E-state index in [-0.39, 0.29) is 12.0 Å². The second-order valence-electron chi connectivity index (χ2n) is 8.49. The number of aliphatic imine (C=N–C) groups is 1. The third-order valence-electron chi connectivity index (χ3n) is 6.16. The Morgan fingerprint density at radius 1 is 1.20 bits per heavy atom. The lowest BCUT2D eigenvalue weighted by Gasteiger charge is -2.21. The maximum atomic E-state index is 12.6. The highest BCUT2D eigenvalue weighted by Crippen LogP contribution is 2.27. The molecule has 1 saturated carbocycles. The summed E-state index contributed by atoms with van der Waals surface area (Å²) in [7, 11) is 1.80. The highest BCUT2D eigenvalue weighted by Gasteiger charge is 2.32. The van der Waals surface area contributed by atoms with Gasteiger partial charge in [0.2, 0.25) is 5.91 Å². The molecule has 0 radical (unpaired) electrons. The van der Waals surface area contributed by atoms with E-state index in [4.69, 9.17) is 4.74 Å². The van der Waals surface area contributed by atoms with E-state index in [1.54, 1.807) is 7.05 Å². The molecule has 1 aromatic carbocycles. The van der Waals surface area contributed by atoms with Crippen molar-refractivity contribution in [3.8, 4) is 5.75 Å². The molecule has 1 aliphatic carbocycles. The van der Waals surface area contributed by atoms with Gasteiger partial charge in [-0.25, -0.2) is 0 Å². The summed E-state index contributed by atoms with van der Waals surface area (Å²) >= 11 is 0. The van der Waals surface area contributed by atoms with Gasteiger partial charge in [-0.2, -0.15) is 0 Å². The molecule has 30 heavy (non-hydrogen) atoms. The van der Waals surface area contributed by atoms with E-state index >= 15 is 0 Å². The monoisotopic (exact) mass is 414 g/mol. The Labute approximate surface area is 181 Å². The zero-order chi connectivity index (χ0) is 21.2. The quantitative estimate of drug-likeness (QED) is 0.369. The predicted octanol–water partition coefficient (Wildman–Crippen LogP) is 3.36. The standard InChI is InChI=1S/C24H38N4O2/c1-3-4-17-30-22-11-9-19(10-12-22)13-15-26-24(25-2)27-21-14-16-28(18-21)23(29)20-7-5-6-8-20/h9-12,20-21H,3-8,13-18H2,1-2H3,(H2,25,26,27). The Bertz CT molecular complexity index is 683. The minimum Gasteiger partial charge on any atom is -0.494 e. The molecule has 1 unspecified atom stereocenters. The second kappa shape index (κ2) is 11.8. The zero-order valence-corrected chi connectivity index (χ0v) is 18.7. The number of hydrogen-bond donors (Lipinski definition) is 2. The van der Waals surface area contributed by atoms with E-state index < -0.39 is 0 Å². The van der Waals surface area contributed by atoms with Crippen molar-refractivity contribution in [2.75, 3.05) is 33.3 Å². The summed E-state index contributed by atoms with van der Waals surface area (Å²) in [4.78, 5) is 19.0. The molecule has 1 heterocycles. The number of carbonyl (C=O) groups excluding carboxylic acids is 1. The number of nitrogens with one attached hydrogen (secondary N) is 2. The molecule has 0 spiro atoms. The molecule has 3 rings (SSSR count). The molecule has 1 aromatic rings. The summed E-state index contributed by atoms with van der Waals surface area (Å²) in [5.41, 5.74) is 1.27. The number of carbonyl (C=O) groups is 1. The number of unbranched alkanes of at least 4 members (excludes halogenated alkanes) is 1. The average molecular weight is 415 g/mol. The Morgan fingerprint density at radius 3 is 2.67 bits per heavy atom. The second-order valence-corrected chi connectivity index (χ2v) is 8.49. The summed E-state index contributed by atoms with van der Waals surface area (Å²) in [6.07, 6.45) is 8.70. The lowest BCUT2D eigenvalue weighted by atomic mass is 10.1. The molecule has 1 atom stereocenters. The maximum absolute atomic E-state index is 12.6. The van der Waals surface area contributed by atoms with Crippen LogP contribution >= 0.6 is 0 Å². The van der Waals surface area contributed by atoms with Crippen LogP contribution in [0.2, 0.25) is 0 Å². The largest absolute Gasteiger partial charge is 0.494 e. The molecular weight excluding hydrogens is 376 g/mol. The van der Waals surface area contributed by atoms with Crippen LogP contribution < -0.4 is 15.4 Å². The van der Waals surface area contributed by atoms with E-state index in [2.05, 4.69) is 34.7 Å². The molecule has 1 aliphatic heterocycles. The van der Waals surface area contributed by atoms with Gasteiger partial charge in [-0.3, -0.25) is 9.79 Å². The van der Waals surface area contributed by atoms with Gasteiger partial charge in [0.25, 0.3) is 0 Å². The normalized spacial score (nSPS) is 19.9. The van der Waals surface area contributed by atoms with Gasteiger partial charge in [0, 0.05) is 38.6 Å². The highest BCUT2D eigenvalue weighted by molar-refractivity contribution is 5.81. The minimum absolute atomic E-state index is 0.268. The van der Waals surface area contributed by atoms with Crippen LogP contribution in [-0.4, -0.2) is 56.1 Å². The lowest BCUT2D eigenvalue weighted by Crippen LogP contribution is -2.45. The van der Waals surface area contributed by atoms with E-state index in [9.17, 15) is 4.79 Å². The van der Waals surface area contributed by atoms with E-state index in [0.29, 0.717) is 5.91 Å². The van der Waals surface area contributed by atoms with Crippen LogP contribution in [0.3, 0.4) is 0 Å². The van der Waals surface area contributed by atoms with Gasteiger partial charge in [-0.15, -0.1) is 0 Å². The van der Waals surface area contributed by atoms with Gasteiger partial charge >= 0.3 is 0 Å². The van der Waals surface area contributed by atoms with Crippen LogP contribution in [0.4, 0.5) is 0 Å². The van der Waals surface area contributed by atoms with E-state index in [0.717, 1.165) is 76.5 Å². The topological polar surface area (TPSA) is 66.0 Å². The zero-order valence-electron chi connectivity index (χ0n) is 18.7. The first kappa shape index (κ1) is 22.4. The summed E-state index contributed by atoms with van der Waals surface area (Å²) in [6, 6.07) is 8.63. The van der Waals surface area contributed by atoms with E-state index in [1.165, 1.54) is 18.4 Å². The summed E-state index contributed by atoms with van der Waals surface area (Å²) in [5.74, 6) is 2.39. The van der Waals surface area contributed by atoms with Crippen LogP contribution in [-0.2, 0) is 11.2 Å². The third-order valence-corrected chi connectivity index (χ3v) is 6.16. The van der Waals surface area contributed by atoms with E-state index in [1.807, 2.05) is 17.0 Å². The fourth-order valence-electron chi connectivity index (χ4n) is 4.31. The van der Waals surface area contributed by atoms with Crippen LogP contribution in [0.15, 0.2) is 29.3 Å². The van der Waals surface area contributed by atoms with Crippen LogP contribution in [0.5, 0.6) is 5.75 Å². The Kier molecular flexibility index (Phi) is 8.84. The highest BCUT2D eigenvalue weighted by atomic mass is 16.5. The molecule has 2 N–H and O–H groups in total. The maximum Gasteiger partial charge on any atom is 0.225 e. The molecule has 6 heteroatoms. The Morgan fingerprint density at radius 2 is 1.97 bits per heavy atom. The van der Waals surface area contributed by atoms with Crippen molar-refractivity contribution in [1.29, 1.82) is 0 Å². The molecule has 0 aromatic heterocycles. The number of nitrogens with zero attached hydrogens (tertiary/aromatic N) is 2. The number of likely N-dealkylation sites (tertiary alicyclic amines) is 1. The molecule has 6 nitrogen and oxygen atoms in total. The number of benzene rings is 1. The lowest BCUT2D eigenvalue weighted by molar-refractivity contribution is -0.134. The fourth-order valence-corrected chi connectivity index (χ4v) is 4.31. The molecule has 0 bridgehead atoms. The van der Waals surface area contributed by atoms with Crippen molar-refractivity contribution in [1.82, 2.24) is 15.5 Å². The fraction of sp³-hybridized carbons (Fsp3) is 0.667. The molecule has 1 saturated heterocycles. The first-order valence-corrected chi connectivity index (χ1v) is 11.7. The number of rotatable bonds is 9. The van der Waals surface area contributed by atoms with Crippen LogP contribution in [0.25, 0.3) is 0 Å². The molecule has 166 valence electrons. The molecule has 2 aliphatic rings. The first-order valence-electron chi connectivity index (χ1n) is 11.7. The summed E-state index contributed by atoms with van der Waals surface area (Å²) < 4.78 is 5.72. The van der Waals surface area contributed by atoms with Crippen LogP contribution in [0, 0.1) is 5.92 Å². The van der Waals surface area contributed by atoms with Crippen molar-refractivity contribution in [3.63, 3.8) is 0 Å². The Balaban J connectivity index is 1.36. The molecular formula is C24H38N4O2. The van der Waals surface area contributed by atoms with Gasteiger partial charge in [0.05, 0.1) is 6.61 Å². The molecule has 1 amide bonds. The smallest absolute Gasteiger partial charge is 0.225 e. The van der Waals surface area contributed by atoms with Crippen LogP contribution in [0.1, 0.15) is 57.4 Å². The third kappa shape index (κ3) is 6.64. The first-order chi connectivity index (χ1) is 14.7. The van der Waals surface area contributed by atoms with Crippen molar-refractivity contribution in [3.05, 3.63) is 29.8 Å². The Hall–Kier alpha value is -2.24. The number of ether oxygens (including phenoxy) is 1. The molecule has 2 fully saturated rings. The minimum atomic E-state index is 0.268. The SMILES string of the molecule is CCCCOc1ccc(CCNC(=NC)NC2CCN(C(=O)C3CCCC3)C2)cc1. The number of amides is 1. The van der Waals surface area contributed by atoms with Gasteiger partial charge < -0.3 is 20.3 Å². The number of guanidine groups is 1. The average Bonchev–Trinajstić information content (AvgIpc) is 3.46. The summed E-state index contributed by atoms with van der Waals surface area (Å²) in [6.45, 7) is 5.41. The summed E-state index contributed by atoms with van der Waals surface area (Å²) in [5, 5.41) is 6.89. The van der Waals surface area contributed by atoms with Crippen molar-refractivity contribution < 1.29 is 9.53 Å². The van der Waals surface area contributed by atoms with Gasteiger partial charge in [-0.1, -0.05) is 38.3 Å².